The summed E-state index contributed by atoms with van der Waals surface area (Å²) in [6.07, 6.45) is 12.4. The number of hydrogen-bond donors (Lipinski definition) is 3. The number of thiol groups is 1. The molecule has 0 aliphatic carbocycles. The third-order valence-corrected chi connectivity index (χ3v) is 3.31. The van der Waals surface area contributed by atoms with Crippen molar-refractivity contribution in [1.82, 2.24) is 0 Å². The molecule has 0 atom stereocenters. The molecular formula is C24H44O6S. The van der Waals surface area contributed by atoms with E-state index in [1.165, 1.54) is 12.2 Å². The lowest BCUT2D eigenvalue weighted by atomic mass is 9.97. The monoisotopic (exact) mass is 462 g/mol. The van der Waals surface area contributed by atoms with Crippen LogP contribution in [-0.4, -0.2) is 55.5 Å². The number of esters is 2. The maximum Gasteiger partial charge on any atom is 0.311 e. The van der Waals surface area contributed by atoms with Crippen molar-refractivity contribution in [1.29, 1.82) is 1.12 Å². The van der Waals surface area contributed by atoms with E-state index in [0.717, 1.165) is 31.1 Å². The number of aliphatic hydroxyl groups is 2. The van der Waals surface area contributed by atoms with Crippen molar-refractivity contribution < 1.29 is 29.3 Å². The molecule has 0 saturated heterocycles. The molecule has 0 amide bonds. The van der Waals surface area contributed by atoms with Crippen LogP contribution in [0.25, 0.3) is 0 Å². The van der Waals surface area contributed by atoms with Crippen molar-refractivity contribution in [2.75, 3.05) is 32.2 Å². The van der Waals surface area contributed by atoms with Crippen LogP contribution in [0.3, 0.4) is 0 Å². The SMILES string of the molecule is CC/C=C\COC(=O)C(C)(C)C.OC/C=C\CO.[3H]SCC/C=C\COC(=O)C(C)(C)C. The molecular weight excluding hydrogens is 416 g/mol. The maximum absolute atomic E-state index is 11.3. The Morgan fingerprint density at radius 2 is 1.23 bits per heavy atom. The van der Waals surface area contributed by atoms with Gasteiger partial charge in [-0.1, -0.05) is 43.4 Å². The highest BCUT2D eigenvalue weighted by atomic mass is 32.1. The first-order valence-corrected chi connectivity index (χ1v) is 11.0. The van der Waals surface area contributed by atoms with Gasteiger partial charge in [-0.3, -0.25) is 9.59 Å². The maximum atomic E-state index is 11.3. The van der Waals surface area contributed by atoms with E-state index in [1.807, 2.05) is 72.8 Å². The second kappa shape index (κ2) is 21.7. The minimum Gasteiger partial charge on any atom is -0.461 e. The zero-order valence-electron chi connectivity index (χ0n) is 21.3. The minimum atomic E-state index is -0.426. The summed E-state index contributed by atoms with van der Waals surface area (Å²) in [4.78, 5) is 22.4. The molecule has 0 unspecified atom stereocenters. The van der Waals surface area contributed by atoms with Gasteiger partial charge in [0.1, 0.15) is 14.3 Å². The Balaban J connectivity index is -0.000000425. The number of rotatable bonds is 10. The molecule has 0 aromatic heterocycles. The molecule has 0 aromatic rings. The van der Waals surface area contributed by atoms with Gasteiger partial charge in [0, 0.05) is 0 Å². The smallest absolute Gasteiger partial charge is 0.311 e. The quantitative estimate of drug-likeness (QED) is 0.191. The van der Waals surface area contributed by atoms with E-state index < -0.39 is 5.41 Å². The number of allylic oxidation sites excluding steroid dienone is 2. The van der Waals surface area contributed by atoms with Crippen molar-refractivity contribution in [3.63, 3.8) is 0 Å². The first-order chi connectivity index (χ1) is 14.9. The average molecular weight is 463 g/mol. The highest BCUT2D eigenvalue weighted by Crippen LogP contribution is 2.15. The van der Waals surface area contributed by atoms with E-state index in [4.69, 9.17) is 20.8 Å². The van der Waals surface area contributed by atoms with Gasteiger partial charge in [-0.05, 0) is 60.1 Å². The summed E-state index contributed by atoms with van der Waals surface area (Å²) in [6, 6.07) is 0. The molecule has 6 nitrogen and oxygen atoms in total. The van der Waals surface area contributed by atoms with Crippen LogP contribution < -0.4 is 0 Å². The van der Waals surface area contributed by atoms with Gasteiger partial charge in [-0.25, -0.2) is 0 Å². The van der Waals surface area contributed by atoms with Crippen LogP contribution in [0.2, 0.25) is 0 Å². The minimum absolute atomic E-state index is 0.0144. The Morgan fingerprint density at radius 1 is 0.806 bits per heavy atom. The van der Waals surface area contributed by atoms with Gasteiger partial charge in [-0.2, -0.15) is 12.5 Å². The normalized spacial score (nSPS) is 12.1. The highest BCUT2D eigenvalue weighted by Gasteiger charge is 2.22. The third-order valence-electron chi connectivity index (χ3n) is 3.08. The van der Waals surface area contributed by atoms with Crippen LogP contribution in [0.5, 0.6) is 0 Å². The van der Waals surface area contributed by atoms with Gasteiger partial charge in [0.2, 0.25) is 0 Å². The highest BCUT2D eigenvalue weighted by molar-refractivity contribution is 7.80. The molecule has 0 rings (SSSR count). The summed E-state index contributed by atoms with van der Waals surface area (Å²) in [5.74, 6) is 0.448. The van der Waals surface area contributed by atoms with E-state index in [9.17, 15) is 9.59 Å². The van der Waals surface area contributed by atoms with E-state index in [-0.39, 0.29) is 30.6 Å². The van der Waals surface area contributed by atoms with Crippen molar-refractivity contribution in [3.05, 3.63) is 36.5 Å². The van der Waals surface area contributed by atoms with Gasteiger partial charge in [0.05, 0.1) is 24.0 Å². The molecule has 31 heavy (non-hydrogen) atoms. The number of carbonyl (C=O) groups excluding carboxylic acids is 2. The van der Waals surface area contributed by atoms with Crippen molar-refractivity contribution >= 4 is 24.5 Å². The van der Waals surface area contributed by atoms with Crippen LogP contribution in [0.15, 0.2) is 36.5 Å². The first kappa shape index (κ1) is 31.6. The average Bonchev–Trinajstić information content (AvgIpc) is 2.71. The van der Waals surface area contributed by atoms with Gasteiger partial charge in [-0.15, -0.1) is 0 Å². The van der Waals surface area contributed by atoms with Gasteiger partial charge in [0.25, 0.3) is 0 Å². The number of ether oxygens (including phenoxy) is 2. The van der Waals surface area contributed by atoms with E-state index in [0.29, 0.717) is 13.2 Å². The van der Waals surface area contributed by atoms with E-state index in [2.05, 4.69) is 0 Å². The fraction of sp³-hybridized carbons (Fsp3) is 0.667. The van der Waals surface area contributed by atoms with Crippen LogP contribution in [0, 0.1) is 10.8 Å². The standard InChI is InChI=1S/C10H18O2S.C10H18O2.C4H8O2/c1-10(2,3)9(11)12-7-5-4-6-8-13;1-5-6-7-8-12-9(11)10(2,3)4;5-3-1-2-4-6/h4-5,13H,6-8H2,1-3H3;6-7H,5,8H2,1-4H3;1-2,5-6H,3-4H2/b5-4-;7-6-;2-1-/i/hT. The van der Waals surface area contributed by atoms with Crippen LogP contribution in [-0.2, 0) is 19.1 Å². The van der Waals surface area contributed by atoms with Crippen LogP contribution in [0.1, 0.15) is 61.3 Å². The topological polar surface area (TPSA) is 93.1 Å². The summed E-state index contributed by atoms with van der Waals surface area (Å²) in [6.45, 7) is 13.8. The van der Waals surface area contributed by atoms with Crippen molar-refractivity contribution in [3.8, 4) is 0 Å². The van der Waals surface area contributed by atoms with Gasteiger partial charge in [0.15, 0.2) is 0 Å². The van der Waals surface area contributed by atoms with Gasteiger partial charge < -0.3 is 19.7 Å². The summed E-state index contributed by atoms with van der Waals surface area (Å²) >= 11 is 1.06. The number of hydrogen-bond acceptors (Lipinski definition) is 7. The zero-order valence-corrected chi connectivity index (χ0v) is 21.2. The van der Waals surface area contributed by atoms with Crippen LogP contribution in [0.4, 0.5) is 0 Å². The van der Waals surface area contributed by atoms with Crippen molar-refractivity contribution in [2.45, 2.75) is 61.3 Å². The Kier molecular flexibility index (Phi) is 22.1. The zero-order chi connectivity index (χ0) is 25.5. The molecule has 0 heterocycles. The molecule has 0 fully saturated rings. The molecule has 0 aliphatic heterocycles. The lowest BCUT2D eigenvalue weighted by Gasteiger charge is -2.15. The van der Waals surface area contributed by atoms with Gasteiger partial charge >= 0.3 is 11.9 Å². The summed E-state index contributed by atoms with van der Waals surface area (Å²) in [5.41, 5.74) is -0.815. The third kappa shape index (κ3) is 28.4. The molecule has 182 valence electrons. The molecule has 7 heteroatoms. The second-order valence-electron chi connectivity index (χ2n) is 8.38. The lowest BCUT2D eigenvalue weighted by Crippen LogP contribution is -2.22. The van der Waals surface area contributed by atoms with E-state index in [1.54, 1.807) is 0 Å². The molecule has 0 aliphatic rings. The molecule has 0 saturated carbocycles. The number of carbonyl (C=O) groups is 2. The van der Waals surface area contributed by atoms with Crippen molar-refractivity contribution in [2.24, 2.45) is 10.8 Å². The fourth-order valence-corrected chi connectivity index (χ4v) is 1.45. The van der Waals surface area contributed by atoms with Crippen LogP contribution >= 0.6 is 12.5 Å². The Labute approximate surface area is 195 Å². The predicted octanol–water partition coefficient (Wildman–Crippen LogP) is 4.52. The summed E-state index contributed by atoms with van der Waals surface area (Å²) in [7, 11) is 0. The molecule has 0 radical (unpaired) electrons. The molecule has 0 aromatic carbocycles. The molecule has 0 bridgehead atoms. The second-order valence-corrected chi connectivity index (χ2v) is 8.79. The summed E-state index contributed by atoms with van der Waals surface area (Å²) in [5, 5.41) is 16.0. The Morgan fingerprint density at radius 3 is 1.55 bits per heavy atom. The lowest BCUT2D eigenvalue weighted by molar-refractivity contribution is -0.152. The number of aliphatic hydroxyl groups excluding tert-OH is 2. The fourth-order valence-electron chi connectivity index (χ4n) is 1.32. The Hall–Kier alpha value is -1.57. The Bertz CT molecular complexity index is 540. The first-order valence-electron chi connectivity index (χ1n) is 10.9. The summed E-state index contributed by atoms with van der Waals surface area (Å²) < 4.78 is 16.8. The molecule has 0 spiro atoms. The van der Waals surface area contributed by atoms with E-state index >= 15 is 0 Å². The largest absolute Gasteiger partial charge is 0.461 e. The predicted molar refractivity (Wildman–Crippen MR) is 131 cm³/mol. The molecule has 2 N–H and O–H groups in total.